The van der Waals surface area contributed by atoms with E-state index < -0.39 is 0 Å². The molecule has 2 unspecified atom stereocenters. The van der Waals surface area contributed by atoms with Gasteiger partial charge in [-0.05, 0) is 37.3 Å². The fraction of sp³-hybridized carbons (Fsp3) is 0.438. The molecule has 0 bridgehead atoms. The fourth-order valence-corrected chi connectivity index (χ4v) is 3.03. The minimum absolute atomic E-state index is 0.227. The van der Waals surface area contributed by atoms with Crippen LogP contribution in [-0.4, -0.2) is 39.3 Å². The van der Waals surface area contributed by atoms with E-state index in [0.717, 1.165) is 17.9 Å². The number of hydrogen-bond donors (Lipinski definition) is 2. The molecule has 0 saturated heterocycles. The quantitative estimate of drug-likeness (QED) is 0.787. The Bertz CT molecular complexity index is 507. The third kappa shape index (κ3) is 4.59. The molecule has 0 aliphatic heterocycles. The zero-order valence-electron chi connectivity index (χ0n) is 12.6. The highest BCUT2D eigenvalue weighted by Crippen LogP contribution is 2.17. The number of rotatable bonds is 8. The molecule has 1 aromatic carbocycles. The van der Waals surface area contributed by atoms with Crippen molar-refractivity contribution in [3.8, 4) is 5.69 Å². The molecular weight excluding hydrogens is 282 g/mol. The monoisotopic (exact) mass is 305 g/mol. The first-order chi connectivity index (χ1) is 10.2. The Morgan fingerprint density at radius 3 is 2.67 bits per heavy atom. The second kappa shape index (κ2) is 8.22. The molecule has 2 N–H and O–H groups in total. The lowest BCUT2D eigenvalue weighted by molar-refractivity contribution is 0.265. The number of thioether (sulfide) groups is 1. The summed E-state index contributed by atoms with van der Waals surface area (Å²) in [4.78, 5) is 4.06. The van der Waals surface area contributed by atoms with Gasteiger partial charge in [-0.25, -0.2) is 4.98 Å². The largest absolute Gasteiger partial charge is 0.396 e. The van der Waals surface area contributed by atoms with E-state index in [1.54, 1.807) is 24.3 Å². The Kier molecular flexibility index (Phi) is 6.29. The number of imidazole rings is 1. The van der Waals surface area contributed by atoms with Crippen LogP contribution in [0.15, 0.2) is 43.0 Å². The molecule has 0 fully saturated rings. The lowest BCUT2D eigenvalue weighted by Crippen LogP contribution is -2.34. The number of hydrogen-bond acceptors (Lipinski definition) is 4. The normalized spacial score (nSPS) is 14.0. The molecule has 0 spiro atoms. The first kappa shape index (κ1) is 16.1. The van der Waals surface area contributed by atoms with Crippen molar-refractivity contribution in [2.75, 3.05) is 18.6 Å². The summed E-state index contributed by atoms with van der Waals surface area (Å²) in [7, 11) is 0. The van der Waals surface area contributed by atoms with Crippen LogP contribution in [-0.2, 0) is 0 Å². The van der Waals surface area contributed by atoms with E-state index >= 15 is 0 Å². The molecule has 2 aromatic rings. The van der Waals surface area contributed by atoms with Gasteiger partial charge >= 0.3 is 0 Å². The Morgan fingerprint density at radius 1 is 1.33 bits per heavy atom. The van der Waals surface area contributed by atoms with Gasteiger partial charge in [-0.15, -0.1) is 0 Å². The lowest BCUT2D eigenvalue weighted by Gasteiger charge is -2.22. The van der Waals surface area contributed by atoms with Gasteiger partial charge in [0.15, 0.2) is 0 Å². The molecule has 1 aromatic heterocycles. The Hall–Kier alpha value is -1.30. The van der Waals surface area contributed by atoms with Gasteiger partial charge in [-0.1, -0.05) is 12.1 Å². The summed E-state index contributed by atoms with van der Waals surface area (Å²) >= 11 is 1.80. The maximum absolute atomic E-state index is 9.13. The second-order valence-electron chi connectivity index (χ2n) is 5.11. The van der Waals surface area contributed by atoms with Crippen LogP contribution < -0.4 is 5.32 Å². The summed E-state index contributed by atoms with van der Waals surface area (Å²) in [5, 5.41) is 12.7. The lowest BCUT2D eigenvalue weighted by atomic mass is 10.1. The summed E-state index contributed by atoms with van der Waals surface area (Å²) < 4.78 is 1.99. The third-order valence-electron chi connectivity index (χ3n) is 3.53. The smallest absolute Gasteiger partial charge is 0.0991 e. The van der Waals surface area contributed by atoms with Gasteiger partial charge in [0.25, 0.3) is 0 Å². The van der Waals surface area contributed by atoms with Crippen molar-refractivity contribution in [3.63, 3.8) is 0 Å². The standard InChI is InChI=1S/C16H23N3OS/c1-13(18-15(7-10-20)11-21-2)14-3-5-16(6-4-14)19-9-8-17-12-19/h3-6,8-9,12-13,15,18,20H,7,10-11H2,1-2H3. The summed E-state index contributed by atoms with van der Waals surface area (Å²) in [6.07, 6.45) is 8.40. The molecule has 0 amide bonds. The summed E-state index contributed by atoms with van der Waals surface area (Å²) in [6, 6.07) is 9.10. The number of aliphatic hydroxyl groups is 1. The second-order valence-corrected chi connectivity index (χ2v) is 6.03. The third-order valence-corrected chi connectivity index (χ3v) is 4.26. The predicted molar refractivity (Wildman–Crippen MR) is 89.0 cm³/mol. The molecule has 2 atom stereocenters. The van der Waals surface area contributed by atoms with Crippen LogP contribution in [0.25, 0.3) is 5.69 Å². The molecular formula is C16H23N3OS. The number of nitrogens with zero attached hydrogens (tertiary/aromatic N) is 2. The van der Waals surface area contributed by atoms with Crippen molar-refractivity contribution in [3.05, 3.63) is 48.5 Å². The van der Waals surface area contributed by atoms with E-state index in [1.807, 2.05) is 10.8 Å². The van der Waals surface area contributed by atoms with Gasteiger partial charge in [-0.2, -0.15) is 11.8 Å². The van der Waals surface area contributed by atoms with Crippen molar-refractivity contribution < 1.29 is 5.11 Å². The van der Waals surface area contributed by atoms with Crippen LogP contribution in [0, 0.1) is 0 Å². The first-order valence-corrected chi connectivity index (χ1v) is 8.58. The maximum atomic E-state index is 9.13. The van der Waals surface area contributed by atoms with Crippen LogP contribution in [0.1, 0.15) is 24.9 Å². The van der Waals surface area contributed by atoms with Gasteiger partial charge in [0.1, 0.15) is 0 Å². The maximum Gasteiger partial charge on any atom is 0.0991 e. The molecule has 0 aliphatic carbocycles. The van der Waals surface area contributed by atoms with Crippen molar-refractivity contribution in [1.82, 2.24) is 14.9 Å². The molecule has 5 heteroatoms. The summed E-state index contributed by atoms with van der Waals surface area (Å²) in [5.74, 6) is 1.01. The Morgan fingerprint density at radius 2 is 2.10 bits per heavy atom. The average molecular weight is 305 g/mol. The molecule has 0 radical (unpaired) electrons. The molecule has 114 valence electrons. The molecule has 1 heterocycles. The van der Waals surface area contributed by atoms with Gasteiger partial charge in [-0.3, -0.25) is 0 Å². The van der Waals surface area contributed by atoms with Crippen molar-refractivity contribution >= 4 is 11.8 Å². The molecule has 4 nitrogen and oxygen atoms in total. The van der Waals surface area contributed by atoms with Crippen molar-refractivity contribution in [2.24, 2.45) is 0 Å². The highest BCUT2D eigenvalue weighted by atomic mass is 32.2. The van der Waals surface area contributed by atoms with E-state index in [0.29, 0.717) is 6.04 Å². The van der Waals surface area contributed by atoms with E-state index in [2.05, 4.69) is 47.7 Å². The fourth-order valence-electron chi connectivity index (χ4n) is 2.37. The Balaban J connectivity index is 2.00. The number of nitrogens with one attached hydrogen (secondary N) is 1. The molecule has 0 aliphatic rings. The number of aromatic nitrogens is 2. The highest BCUT2D eigenvalue weighted by molar-refractivity contribution is 7.98. The zero-order chi connectivity index (χ0) is 15.1. The van der Waals surface area contributed by atoms with Crippen LogP contribution in [0.5, 0.6) is 0 Å². The van der Waals surface area contributed by atoms with E-state index in [4.69, 9.17) is 5.11 Å². The molecule has 2 rings (SSSR count). The van der Waals surface area contributed by atoms with Crippen LogP contribution in [0.4, 0.5) is 0 Å². The van der Waals surface area contributed by atoms with Crippen LogP contribution >= 0.6 is 11.8 Å². The molecule has 21 heavy (non-hydrogen) atoms. The summed E-state index contributed by atoms with van der Waals surface area (Å²) in [6.45, 7) is 2.39. The van der Waals surface area contributed by atoms with Gasteiger partial charge in [0.05, 0.1) is 6.33 Å². The van der Waals surface area contributed by atoms with Gasteiger partial charge in [0.2, 0.25) is 0 Å². The van der Waals surface area contributed by atoms with Crippen molar-refractivity contribution in [2.45, 2.75) is 25.4 Å². The van der Waals surface area contributed by atoms with E-state index in [9.17, 15) is 0 Å². The minimum Gasteiger partial charge on any atom is -0.396 e. The predicted octanol–water partition coefficient (Wildman–Crippen LogP) is 2.64. The summed E-state index contributed by atoms with van der Waals surface area (Å²) in [5.41, 5.74) is 2.36. The van der Waals surface area contributed by atoms with Gasteiger partial charge < -0.3 is 15.0 Å². The van der Waals surface area contributed by atoms with Gasteiger partial charge in [0, 0.05) is 42.5 Å². The van der Waals surface area contributed by atoms with E-state index in [-0.39, 0.29) is 12.6 Å². The van der Waals surface area contributed by atoms with Crippen LogP contribution in [0.2, 0.25) is 0 Å². The average Bonchev–Trinajstić information content (AvgIpc) is 3.02. The van der Waals surface area contributed by atoms with E-state index in [1.165, 1.54) is 5.56 Å². The number of aliphatic hydroxyl groups excluding tert-OH is 1. The van der Waals surface area contributed by atoms with Crippen molar-refractivity contribution in [1.29, 1.82) is 0 Å². The SMILES string of the molecule is CSCC(CCO)NC(C)c1ccc(-n2ccnc2)cc1. The topological polar surface area (TPSA) is 50.1 Å². The highest BCUT2D eigenvalue weighted by Gasteiger charge is 2.12. The first-order valence-electron chi connectivity index (χ1n) is 7.18. The Labute approximate surface area is 130 Å². The molecule has 0 saturated carbocycles. The van der Waals surface area contributed by atoms with Crippen LogP contribution in [0.3, 0.4) is 0 Å². The zero-order valence-corrected chi connectivity index (χ0v) is 13.4. The minimum atomic E-state index is 0.227. The number of benzene rings is 1.